The average Bonchev–Trinajstić information content (AvgIpc) is 3.25. The first-order valence-corrected chi connectivity index (χ1v) is 7.00. The molecule has 0 aliphatic heterocycles. The van der Waals surface area contributed by atoms with Crippen molar-refractivity contribution in [2.75, 3.05) is 23.8 Å². The molecule has 126 valence electrons. The Labute approximate surface area is 131 Å². The molecule has 1 aromatic rings. The predicted molar refractivity (Wildman–Crippen MR) is 78.0 cm³/mol. The summed E-state index contributed by atoms with van der Waals surface area (Å²) in [5, 5.41) is 4.89. The van der Waals surface area contributed by atoms with Crippen LogP contribution in [0.15, 0.2) is 18.3 Å². The van der Waals surface area contributed by atoms with Gasteiger partial charge in [-0.05, 0) is 24.5 Å². The first-order valence-electron chi connectivity index (χ1n) is 7.00. The zero-order chi connectivity index (χ0) is 17.2. The molecule has 0 unspecified atom stereocenters. The number of urea groups is 1. The molecule has 9 heteroatoms. The highest BCUT2D eigenvalue weighted by Crippen LogP contribution is 2.49. The van der Waals surface area contributed by atoms with Crippen LogP contribution in [0.25, 0.3) is 0 Å². The van der Waals surface area contributed by atoms with Gasteiger partial charge in [-0.25, -0.2) is 9.78 Å². The van der Waals surface area contributed by atoms with Gasteiger partial charge in [-0.2, -0.15) is 13.2 Å². The molecule has 1 fully saturated rings. The van der Waals surface area contributed by atoms with Crippen LogP contribution in [0.2, 0.25) is 0 Å². The van der Waals surface area contributed by atoms with Gasteiger partial charge < -0.3 is 15.5 Å². The van der Waals surface area contributed by atoms with Crippen LogP contribution in [0, 0.1) is 11.8 Å². The molecule has 0 aromatic carbocycles. The van der Waals surface area contributed by atoms with Crippen LogP contribution in [0.1, 0.15) is 13.3 Å². The van der Waals surface area contributed by atoms with Crippen LogP contribution in [0.4, 0.5) is 29.5 Å². The van der Waals surface area contributed by atoms with E-state index in [1.165, 1.54) is 18.0 Å². The molecule has 1 aliphatic rings. The number of hydrogen-bond acceptors (Lipinski definition) is 3. The summed E-state index contributed by atoms with van der Waals surface area (Å²) in [7, 11) is 1.57. The Morgan fingerprint density at radius 1 is 1.39 bits per heavy atom. The number of amides is 3. The van der Waals surface area contributed by atoms with Crippen molar-refractivity contribution in [3.05, 3.63) is 18.3 Å². The van der Waals surface area contributed by atoms with Gasteiger partial charge in [0.1, 0.15) is 5.82 Å². The Kier molecular flexibility index (Phi) is 4.76. The Morgan fingerprint density at radius 2 is 2.09 bits per heavy atom. The zero-order valence-electron chi connectivity index (χ0n) is 12.6. The molecule has 23 heavy (non-hydrogen) atoms. The monoisotopic (exact) mass is 330 g/mol. The van der Waals surface area contributed by atoms with E-state index in [0.29, 0.717) is 11.5 Å². The standard InChI is InChI=1S/C14H17F3N4O2/c1-8(22)21(2)12-4-3-10(7-18-12)20-13(23)19-6-9-5-11(9)14(15,16)17/h3-4,7,9,11H,5-6H2,1-2H3,(H2,19,20,23)/t9-,11+/m0/s1. The first kappa shape index (κ1) is 17.0. The first-order chi connectivity index (χ1) is 10.7. The van der Waals surface area contributed by atoms with Crippen LogP contribution in [0.3, 0.4) is 0 Å². The zero-order valence-corrected chi connectivity index (χ0v) is 12.6. The molecule has 2 atom stereocenters. The van der Waals surface area contributed by atoms with Crippen LogP contribution in [0.5, 0.6) is 0 Å². The second-order valence-corrected chi connectivity index (χ2v) is 5.46. The van der Waals surface area contributed by atoms with E-state index in [4.69, 9.17) is 0 Å². The number of carbonyl (C=O) groups excluding carboxylic acids is 2. The van der Waals surface area contributed by atoms with Gasteiger partial charge in [0, 0.05) is 20.5 Å². The van der Waals surface area contributed by atoms with E-state index < -0.39 is 24.0 Å². The molecular weight excluding hydrogens is 313 g/mol. The fraction of sp³-hybridized carbons (Fsp3) is 0.500. The molecule has 0 saturated heterocycles. The summed E-state index contributed by atoms with van der Waals surface area (Å²) >= 11 is 0. The molecule has 2 rings (SSSR count). The molecule has 1 heterocycles. The highest BCUT2D eigenvalue weighted by atomic mass is 19.4. The number of hydrogen-bond donors (Lipinski definition) is 2. The minimum atomic E-state index is -4.19. The lowest BCUT2D eigenvalue weighted by Crippen LogP contribution is -2.31. The van der Waals surface area contributed by atoms with Crippen LogP contribution >= 0.6 is 0 Å². The third-order valence-corrected chi connectivity index (χ3v) is 3.69. The average molecular weight is 330 g/mol. The largest absolute Gasteiger partial charge is 0.392 e. The van der Waals surface area contributed by atoms with Gasteiger partial charge in [-0.3, -0.25) is 4.79 Å². The second-order valence-electron chi connectivity index (χ2n) is 5.46. The summed E-state index contributed by atoms with van der Waals surface area (Å²) in [6.07, 6.45) is -2.77. The number of anilines is 2. The number of rotatable bonds is 4. The van der Waals surface area contributed by atoms with E-state index >= 15 is 0 Å². The van der Waals surface area contributed by atoms with Crippen molar-refractivity contribution in [1.82, 2.24) is 10.3 Å². The molecule has 1 aliphatic carbocycles. The molecule has 0 bridgehead atoms. The maximum absolute atomic E-state index is 12.4. The number of aromatic nitrogens is 1. The molecule has 3 amide bonds. The number of nitrogens with one attached hydrogen (secondary N) is 2. The highest BCUT2D eigenvalue weighted by molar-refractivity contribution is 5.91. The van der Waals surface area contributed by atoms with Gasteiger partial charge in [0.15, 0.2) is 0 Å². The fourth-order valence-corrected chi connectivity index (χ4v) is 2.09. The van der Waals surface area contributed by atoms with Crippen molar-refractivity contribution in [2.45, 2.75) is 19.5 Å². The van der Waals surface area contributed by atoms with Crippen molar-refractivity contribution in [3.63, 3.8) is 0 Å². The Bertz CT molecular complexity index is 589. The highest BCUT2D eigenvalue weighted by Gasteiger charge is 2.55. The predicted octanol–water partition coefficient (Wildman–Crippen LogP) is 2.38. The Hall–Kier alpha value is -2.32. The van der Waals surface area contributed by atoms with E-state index in [-0.39, 0.29) is 18.9 Å². The van der Waals surface area contributed by atoms with Crippen molar-refractivity contribution >= 4 is 23.4 Å². The maximum atomic E-state index is 12.4. The van der Waals surface area contributed by atoms with E-state index in [9.17, 15) is 22.8 Å². The van der Waals surface area contributed by atoms with E-state index in [0.717, 1.165) is 0 Å². The third kappa shape index (κ3) is 4.57. The number of nitrogens with zero attached hydrogens (tertiary/aromatic N) is 2. The van der Waals surface area contributed by atoms with Crippen LogP contribution in [-0.2, 0) is 4.79 Å². The normalized spacial score (nSPS) is 19.9. The van der Waals surface area contributed by atoms with Gasteiger partial charge in [0.05, 0.1) is 17.8 Å². The molecule has 1 saturated carbocycles. The number of alkyl halides is 3. The van der Waals surface area contributed by atoms with Gasteiger partial charge >= 0.3 is 12.2 Å². The van der Waals surface area contributed by atoms with Gasteiger partial charge in [-0.1, -0.05) is 0 Å². The summed E-state index contributed by atoms with van der Waals surface area (Å²) in [5.74, 6) is -1.62. The SMILES string of the molecule is CC(=O)N(C)c1ccc(NC(=O)NC[C@@H]2C[C@H]2C(F)(F)F)cn1. The molecule has 2 N–H and O–H groups in total. The summed E-state index contributed by atoms with van der Waals surface area (Å²) in [6.45, 7) is 1.38. The minimum Gasteiger partial charge on any atom is -0.338 e. The Morgan fingerprint density at radius 3 is 2.57 bits per heavy atom. The lowest BCUT2D eigenvalue weighted by Gasteiger charge is -2.14. The fourth-order valence-electron chi connectivity index (χ4n) is 2.09. The topological polar surface area (TPSA) is 74.3 Å². The number of pyridine rings is 1. The van der Waals surface area contributed by atoms with Gasteiger partial charge in [0.25, 0.3) is 0 Å². The van der Waals surface area contributed by atoms with Crippen LogP contribution in [-0.4, -0.2) is 36.7 Å². The Balaban J connectivity index is 1.79. The summed E-state index contributed by atoms with van der Waals surface area (Å²) in [5.41, 5.74) is 0.381. The minimum absolute atomic E-state index is 0.0192. The summed E-state index contributed by atoms with van der Waals surface area (Å²) in [6, 6.07) is 2.52. The van der Waals surface area contributed by atoms with E-state index in [1.54, 1.807) is 19.2 Å². The van der Waals surface area contributed by atoms with Gasteiger partial charge in [0.2, 0.25) is 5.91 Å². The number of halogens is 3. The van der Waals surface area contributed by atoms with E-state index in [2.05, 4.69) is 15.6 Å². The lowest BCUT2D eigenvalue weighted by atomic mass is 10.3. The third-order valence-electron chi connectivity index (χ3n) is 3.69. The van der Waals surface area contributed by atoms with Crippen LogP contribution < -0.4 is 15.5 Å². The molecular formula is C14H17F3N4O2. The quantitative estimate of drug-likeness (QED) is 0.890. The van der Waals surface area contributed by atoms with Crippen molar-refractivity contribution in [2.24, 2.45) is 11.8 Å². The van der Waals surface area contributed by atoms with Crippen molar-refractivity contribution < 1.29 is 22.8 Å². The summed E-state index contributed by atoms with van der Waals surface area (Å²) < 4.78 is 37.1. The molecule has 0 radical (unpaired) electrons. The molecule has 0 spiro atoms. The summed E-state index contributed by atoms with van der Waals surface area (Å²) in [4.78, 5) is 28.2. The van der Waals surface area contributed by atoms with Crippen molar-refractivity contribution in [1.29, 1.82) is 0 Å². The van der Waals surface area contributed by atoms with E-state index in [1.807, 2.05) is 0 Å². The smallest absolute Gasteiger partial charge is 0.338 e. The van der Waals surface area contributed by atoms with Crippen molar-refractivity contribution in [3.8, 4) is 0 Å². The molecule has 1 aromatic heterocycles. The molecule has 6 nitrogen and oxygen atoms in total. The van der Waals surface area contributed by atoms with Gasteiger partial charge in [-0.15, -0.1) is 0 Å². The number of carbonyl (C=O) groups is 2. The lowest BCUT2D eigenvalue weighted by molar-refractivity contribution is -0.150. The maximum Gasteiger partial charge on any atom is 0.392 e. The second kappa shape index (κ2) is 6.43.